The van der Waals surface area contributed by atoms with E-state index in [4.69, 9.17) is 9.73 Å². The summed E-state index contributed by atoms with van der Waals surface area (Å²) in [4.78, 5) is 9.80. The number of aliphatic imine (C=N–C) groups is 1. The molecule has 162 valence electrons. The van der Waals surface area contributed by atoms with Gasteiger partial charge in [-0.1, -0.05) is 43.5 Å². The molecular formula is C24H40N4O. The van der Waals surface area contributed by atoms with E-state index in [0.29, 0.717) is 5.92 Å². The fourth-order valence-electron chi connectivity index (χ4n) is 4.62. The lowest BCUT2D eigenvalue weighted by Crippen LogP contribution is -2.41. The summed E-state index contributed by atoms with van der Waals surface area (Å²) in [5.74, 6) is 1.61. The third-order valence-corrected chi connectivity index (χ3v) is 6.39. The lowest BCUT2D eigenvalue weighted by Gasteiger charge is -2.31. The summed E-state index contributed by atoms with van der Waals surface area (Å²) in [6, 6.07) is 9.55. The van der Waals surface area contributed by atoms with E-state index in [-0.39, 0.29) is 0 Å². The zero-order valence-electron chi connectivity index (χ0n) is 18.7. The second-order valence-corrected chi connectivity index (χ2v) is 8.76. The lowest BCUT2D eigenvalue weighted by molar-refractivity contribution is 0.181. The van der Waals surface area contributed by atoms with Crippen LogP contribution in [-0.2, 0) is 17.8 Å². The minimum atomic E-state index is 0.611. The molecular weight excluding hydrogens is 360 g/mol. The highest BCUT2D eigenvalue weighted by Crippen LogP contribution is 2.24. The van der Waals surface area contributed by atoms with Crippen molar-refractivity contribution in [2.45, 2.75) is 64.6 Å². The molecule has 5 heteroatoms. The van der Waals surface area contributed by atoms with E-state index in [1.807, 2.05) is 0 Å². The van der Waals surface area contributed by atoms with Crippen LogP contribution < -0.4 is 5.32 Å². The largest absolute Gasteiger partial charge is 0.381 e. The SMILES string of the molecule is CCNC(=NCc1ccccc1CN(C)C1CCCCC1)N(C)CC1CCOC1. The number of nitrogens with zero attached hydrogens (tertiary/aromatic N) is 3. The van der Waals surface area contributed by atoms with Gasteiger partial charge < -0.3 is 15.0 Å². The molecule has 1 heterocycles. The number of hydrogen-bond donors (Lipinski definition) is 1. The van der Waals surface area contributed by atoms with E-state index in [2.05, 4.69) is 60.4 Å². The van der Waals surface area contributed by atoms with Crippen molar-refractivity contribution >= 4 is 5.96 Å². The number of rotatable bonds is 8. The molecule has 2 fully saturated rings. The van der Waals surface area contributed by atoms with Gasteiger partial charge in [-0.3, -0.25) is 4.90 Å². The molecule has 0 radical (unpaired) electrons. The van der Waals surface area contributed by atoms with Gasteiger partial charge in [-0.2, -0.15) is 0 Å². The second-order valence-electron chi connectivity index (χ2n) is 8.76. The van der Waals surface area contributed by atoms with Crippen LogP contribution >= 0.6 is 0 Å². The van der Waals surface area contributed by atoms with Crippen LogP contribution in [0.15, 0.2) is 29.3 Å². The van der Waals surface area contributed by atoms with Crippen LogP contribution in [0, 0.1) is 5.92 Å². The van der Waals surface area contributed by atoms with Gasteiger partial charge in [0.1, 0.15) is 0 Å². The summed E-state index contributed by atoms with van der Waals surface area (Å²) in [6.07, 6.45) is 8.01. The van der Waals surface area contributed by atoms with Crippen LogP contribution in [0.4, 0.5) is 0 Å². The van der Waals surface area contributed by atoms with Gasteiger partial charge in [0.2, 0.25) is 0 Å². The van der Waals surface area contributed by atoms with E-state index in [1.165, 1.54) is 43.2 Å². The standard InChI is InChI=1S/C24H40N4O/c1-4-25-24(28(3)17-20-14-15-29-19-20)26-16-21-10-8-9-11-22(21)18-27(2)23-12-6-5-7-13-23/h8-11,20,23H,4-7,12-19H2,1-3H3,(H,25,26). The molecule has 1 saturated heterocycles. The Labute approximate surface area is 177 Å². The first-order valence-corrected chi connectivity index (χ1v) is 11.5. The normalized spacial score (nSPS) is 21.0. The van der Waals surface area contributed by atoms with E-state index >= 15 is 0 Å². The Morgan fingerprint density at radius 2 is 1.86 bits per heavy atom. The second kappa shape index (κ2) is 11.6. The van der Waals surface area contributed by atoms with Crippen LogP contribution in [0.5, 0.6) is 0 Å². The van der Waals surface area contributed by atoms with Gasteiger partial charge in [-0.05, 0) is 44.4 Å². The van der Waals surface area contributed by atoms with Crippen molar-refractivity contribution in [2.75, 3.05) is 40.4 Å². The topological polar surface area (TPSA) is 40.1 Å². The zero-order valence-corrected chi connectivity index (χ0v) is 18.7. The summed E-state index contributed by atoms with van der Waals surface area (Å²) in [7, 11) is 4.43. The van der Waals surface area contributed by atoms with Gasteiger partial charge in [0.15, 0.2) is 5.96 Å². The van der Waals surface area contributed by atoms with Gasteiger partial charge in [0, 0.05) is 45.2 Å². The fraction of sp³-hybridized carbons (Fsp3) is 0.708. The summed E-state index contributed by atoms with van der Waals surface area (Å²) in [5.41, 5.74) is 2.75. The summed E-state index contributed by atoms with van der Waals surface area (Å²) >= 11 is 0. The molecule has 0 amide bonds. The van der Waals surface area contributed by atoms with Gasteiger partial charge in [-0.15, -0.1) is 0 Å². The zero-order chi connectivity index (χ0) is 20.5. The van der Waals surface area contributed by atoms with Gasteiger partial charge >= 0.3 is 0 Å². The molecule has 0 aromatic heterocycles. The monoisotopic (exact) mass is 400 g/mol. The van der Waals surface area contributed by atoms with Crippen molar-refractivity contribution in [1.29, 1.82) is 0 Å². The minimum Gasteiger partial charge on any atom is -0.381 e. The van der Waals surface area contributed by atoms with Gasteiger partial charge in [0.05, 0.1) is 13.2 Å². The first-order chi connectivity index (χ1) is 14.2. The Balaban J connectivity index is 1.63. The summed E-state index contributed by atoms with van der Waals surface area (Å²) in [6.45, 7) is 7.53. The number of benzene rings is 1. The van der Waals surface area contributed by atoms with Gasteiger partial charge in [-0.25, -0.2) is 4.99 Å². The maximum absolute atomic E-state index is 5.54. The van der Waals surface area contributed by atoms with Crippen LogP contribution in [0.25, 0.3) is 0 Å². The molecule has 1 atom stereocenters. The number of hydrogen-bond acceptors (Lipinski definition) is 3. The molecule has 1 aliphatic heterocycles. The third-order valence-electron chi connectivity index (χ3n) is 6.39. The van der Waals surface area contributed by atoms with Crippen LogP contribution in [0.1, 0.15) is 56.6 Å². The van der Waals surface area contributed by atoms with Crippen LogP contribution in [-0.4, -0.2) is 62.2 Å². The van der Waals surface area contributed by atoms with E-state index < -0.39 is 0 Å². The Morgan fingerprint density at radius 3 is 2.55 bits per heavy atom. The Bertz CT molecular complexity index is 636. The maximum atomic E-state index is 5.54. The van der Waals surface area contributed by atoms with Crippen molar-refractivity contribution in [2.24, 2.45) is 10.9 Å². The van der Waals surface area contributed by atoms with Crippen LogP contribution in [0.2, 0.25) is 0 Å². The lowest BCUT2D eigenvalue weighted by atomic mass is 9.94. The molecule has 5 nitrogen and oxygen atoms in total. The van der Waals surface area contributed by atoms with E-state index in [1.54, 1.807) is 0 Å². The third kappa shape index (κ3) is 6.71. The molecule has 1 N–H and O–H groups in total. The number of ether oxygens (including phenoxy) is 1. The highest BCUT2D eigenvalue weighted by Gasteiger charge is 2.20. The van der Waals surface area contributed by atoms with Crippen molar-refractivity contribution in [3.8, 4) is 0 Å². The number of nitrogens with one attached hydrogen (secondary N) is 1. The molecule has 1 aromatic carbocycles. The first kappa shape index (κ1) is 22.1. The number of guanidine groups is 1. The van der Waals surface area contributed by atoms with Crippen molar-refractivity contribution in [3.63, 3.8) is 0 Å². The predicted octanol–water partition coefficient (Wildman–Crippen LogP) is 3.88. The highest BCUT2D eigenvalue weighted by molar-refractivity contribution is 5.79. The highest BCUT2D eigenvalue weighted by atomic mass is 16.5. The van der Waals surface area contributed by atoms with Crippen LogP contribution in [0.3, 0.4) is 0 Å². The molecule has 1 aliphatic carbocycles. The van der Waals surface area contributed by atoms with Crippen molar-refractivity contribution in [3.05, 3.63) is 35.4 Å². The minimum absolute atomic E-state index is 0.611. The average molecular weight is 401 g/mol. The quantitative estimate of drug-likeness (QED) is 0.531. The molecule has 2 aliphatic rings. The molecule has 3 rings (SSSR count). The first-order valence-electron chi connectivity index (χ1n) is 11.5. The molecule has 1 aromatic rings. The fourth-order valence-corrected chi connectivity index (χ4v) is 4.62. The maximum Gasteiger partial charge on any atom is 0.193 e. The van der Waals surface area contributed by atoms with E-state index in [0.717, 1.165) is 57.8 Å². The molecule has 0 spiro atoms. The van der Waals surface area contributed by atoms with Gasteiger partial charge in [0.25, 0.3) is 0 Å². The molecule has 0 bridgehead atoms. The van der Waals surface area contributed by atoms with Crippen molar-refractivity contribution in [1.82, 2.24) is 15.1 Å². The van der Waals surface area contributed by atoms with Crippen molar-refractivity contribution < 1.29 is 4.74 Å². The summed E-state index contributed by atoms with van der Waals surface area (Å²) in [5, 5.41) is 3.46. The smallest absolute Gasteiger partial charge is 0.193 e. The summed E-state index contributed by atoms with van der Waals surface area (Å²) < 4.78 is 5.54. The Morgan fingerprint density at radius 1 is 1.10 bits per heavy atom. The average Bonchev–Trinajstić information content (AvgIpc) is 3.25. The molecule has 29 heavy (non-hydrogen) atoms. The predicted molar refractivity (Wildman–Crippen MR) is 121 cm³/mol. The Hall–Kier alpha value is -1.59. The van der Waals surface area contributed by atoms with E-state index in [9.17, 15) is 0 Å². The molecule has 1 saturated carbocycles. The molecule has 1 unspecified atom stereocenters. The Kier molecular flexibility index (Phi) is 8.81.